The summed E-state index contributed by atoms with van der Waals surface area (Å²) in [4.78, 5) is 0. The largest absolute Gasteiger partial charge is 0.0776 e. The molecule has 0 aromatic heterocycles. The summed E-state index contributed by atoms with van der Waals surface area (Å²) in [7, 11) is 0. The zero-order valence-corrected chi connectivity index (χ0v) is 4.30. The molecule has 0 nitrogen and oxygen atoms in total. The minimum absolute atomic E-state index is 0. The van der Waals surface area contributed by atoms with Gasteiger partial charge in [0.1, 0.15) is 0 Å². The number of hydrogen-bond donors (Lipinski definition) is 0. The first-order valence-corrected chi connectivity index (χ1v) is 0. The molecule has 0 spiro atoms. The zero-order chi connectivity index (χ0) is 0. The van der Waals surface area contributed by atoms with Crippen LogP contribution in [-0.4, -0.2) is 21.9 Å². The zero-order valence-electron chi connectivity index (χ0n) is 1.32. The first kappa shape index (κ1) is 283. The van der Waals surface area contributed by atoms with Crippen molar-refractivity contribution in [1.82, 2.24) is 0 Å². The van der Waals surface area contributed by atoms with Gasteiger partial charge in [-0.3, -0.25) is 0 Å². The molecule has 0 aliphatic rings. The van der Waals surface area contributed by atoms with E-state index in [0.29, 0.717) is 0 Å². The normalized spacial score (nSPS) is 0. The number of hydrogen-bond acceptors (Lipinski definition) is 0. The van der Waals surface area contributed by atoms with Gasteiger partial charge in [0.2, 0.25) is 0 Å². The van der Waals surface area contributed by atoms with Gasteiger partial charge < -0.3 is 0 Å². The van der Waals surface area contributed by atoms with Crippen molar-refractivity contribution in [2.45, 2.75) is 22.3 Å². The van der Waals surface area contributed by atoms with Crippen LogP contribution >= 0.6 is 0 Å². The third kappa shape index (κ3) is 88.4. The van der Waals surface area contributed by atoms with Crippen LogP contribution in [0.5, 0.6) is 0 Å². The van der Waals surface area contributed by atoms with Crippen LogP contribution in [0.2, 0.25) is 0 Å². The van der Waals surface area contributed by atoms with Crippen molar-refractivity contribution in [3.8, 4) is 0 Å². The van der Waals surface area contributed by atoms with Gasteiger partial charge in [0.25, 0.3) is 0 Å². The molecule has 3 heteroatoms. The summed E-state index contributed by atoms with van der Waals surface area (Å²) < 4.78 is 0. The van der Waals surface area contributed by atoms with E-state index in [9.17, 15) is 0 Å². The summed E-state index contributed by atoms with van der Waals surface area (Å²) in [5, 5.41) is 0. The summed E-state index contributed by atoms with van der Waals surface area (Å²) in [6.07, 6.45) is 0. The van der Waals surface area contributed by atoms with Crippen LogP contribution < -0.4 is 0 Å². The average molecular weight is 172 g/mol. The standard InChI is InChI=1S/3CH4.Ni.H4Si.H3Si.H2/h3*1H4;;1H4;1H3;1H. The van der Waals surface area contributed by atoms with Gasteiger partial charge in [-0.1, -0.05) is 22.3 Å². The Morgan fingerprint density at radius 1 is 0.833 bits per heavy atom. The molecule has 0 amide bonds. The van der Waals surface area contributed by atoms with E-state index in [2.05, 4.69) is 0 Å². The second-order valence-corrected chi connectivity index (χ2v) is 0. The maximum atomic E-state index is 0. The molecule has 0 aromatic rings. The molecule has 0 N–H and O–H groups in total. The van der Waals surface area contributed by atoms with Crippen LogP contribution in [0, 0.1) is 0 Å². The summed E-state index contributed by atoms with van der Waals surface area (Å²) >= 11 is 0. The van der Waals surface area contributed by atoms with E-state index in [1.165, 1.54) is 0 Å². The van der Waals surface area contributed by atoms with Gasteiger partial charge >= 0.3 is 0 Å². The van der Waals surface area contributed by atoms with Gasteiger partial charge in [-0.15, -0.1) is 0 Å². The minimum atomic E-state index is 0. The predicted octanol–water partition coefficient (Wildman–Crippen LogP) is -0.484. The van der Waals surface area contributed by atoms with Gasteiger partial charge in [0.15, 0.2) is 0 Å². The van der Waals surface area contributed by atoms with Gasteiger partial charge in [-0.2, -0.15) is 0 Å². The maximum Gasteiger partial charge on any atom is 0 e. The Kier molecular flexibility index (Phi) is 7900. The molecule has 0 saturated heterocycles. The molecular formula is C3H21NiSi2. The molecule has 0 saturated carbocycles. The molecule has 0 atom stereocenters. The first-order valence-electron chi connectivity index (χ1n) is 0. The van der Waals surface area contributed by atoms with Gasteiger partial charge in [-0.05, 0) is 21.9 Å². The fourth-order valence-electron chi connectivity index (χ4n) is 0. The molecule has 1 radical (unpaired) electrons. The van der Waals surface area contributed by atoms with E-state index < -0.39 is 0 Å². The van der Waals surface area contributed by atoms with Crippen LogP contribution in [0.4, 0.5) is 0 Å². The van der Waals surface area contributed by atoms with Crippen LogP contribution in [0.15, 0.2) is 0 Å². The van der Waals surface area contributed by atoms with E-state index >= 15 is 0 Å². The Labute approximate surface area is 62.6 Å². The molecule has 0 rings (SSSR count). The molecule has 0 unspecified atom stereocenters. The van der Waals surface area contributed by atoms with E-state index in [0.717, 1.165) is 0 Å². The third-order valence-corrected chi connectivity index (χ3v) is 0. The van der Waals surface area contributed by atoms with Crippen molar-refractivity contribution in [2.24, 2.45) is 0 Å². The molecule has 0 aliphatic heterocycles. The van der Waals surface area contributed by atoms with Gasteiger partial charge in [0.05, 0.1) is 0 Å². The van der Waals surface area contributed by atoms with Crippen molar-refractivity contribution >= 4 is 21.9 Å². The molecule has 0 aromatic carbocycles. The smallest absolute Gasteiger partial charge is 0 e. The quantitative estimate of drug-likeness (QED) is 0.433. The first-order chi connectivity index (χ1) is 0. The second kappa shape index (κ2) is 167. The Morgan fingerprint density at radius 2 is 0.833 bits per heavy atom. The fraction of sp³-hybridized carbons (Fsp3) is 1.00. The summed E-state index contributed by atoms with van der Waals surface area (Å²) in [5.41, 5.74) is 0. The van der Waals surface area contributed by atoms with Crippen LogP contribution in [-0.2, 0) is 16.5 Å². The van der Waals surface area contributed by atoms with Crippen molar-refractivity contribution in [3.63, 3.8) is 0 Å². The Hall–Kier alpha value is 0.927. The van der Waals surface area contributed by atoms with Crippen molar-refractivity contribution in [1.29, 1.82) is 0 Å². The van der Waals surface area contributed by atoms with Gasteiger partial charge in [-0.25, -0.2) is 0 Å². The van der Waals surface area contributed by atoms with Crippen molar-refractivity contribution in [2.75, 3.05) is 0 Å². The van der Waals surface area contributed by atoms with Crippen molar-refractivity contribution in [3.05, 3.63) is 0 Å². The Balaban J connectivity index is 0. The molecule has 51 valence electrons. The molecule has 0 fully saturated rings. The number of rotatable bonds is 0. The topological polar surface area (TPSA) is 0 Å². The van der Waals surface area contributed by atoms with E-state index in [4.69, 9.17) is 0 Å². The molecule has 0 heterocycles. The predicted molar refractivity (Wildman–Crippen MR) is 43.6 cm³/mol. The SMILES string of the molecule is C.C.C.[HH].[Ni].[SiH3].[SiH4]. The molecule has 0 bridgehead atoms. The molecular weight excluding hydrogens is 151 g/mol. The van der Waals surface area contributed by atoms with Crippen LogP contribution in [0.1, 0.15) is 23.7 Å². The Morgan fingerprint density at radius 3 is 0.833 bits per heavy atom. The summed E-state index contributed by atoms with van der Waals surface area (Å²) in [6.45, 7) is 0. The van der Waals surface area contributed by atoms with E-state index in [1.54, 1.807) is 0 Å². The summed E-state index contributed by atoms with van der Waals surface area (Å²) in [5.74, 6) is 0. The van der Waals surface area contributed by atoms with E-state index in [1.807, 2.05) is 0 Å². The molecule has 0 aliphatic carbocycles. The van der Waals surface area contributed by atoms with Crippen LogP contribution in [0.3, 0.4) is 0 Å². The minimum Gasteiger partial charge on any atom is -0.0776 e. The Bertz CT molecular complexity index is 12.9. The second-order valence-electron chi connectivity index (χ2n) is 0. The third-order valence-electron chi connectivity index (χ3n) is 0. The van der Waals surface area contributed by atoms with Crippen molar-refractivity contribution < 1.29 is 17.9 Å². The fourth-order valence-corrected chi connectivity index (χ4v) is 0. The molecule has 6 heavy (non-hydrogen) atoms. The van der Waals surface area contributed by atoms with Crippen LogP contribution in [0.25, 0.3) is 0 Å². The average Bonchev–Trinajstić information content (AvgIpc) is 0. The monoisotopic (exact) mass is 171 g/mol. The van der Waals surface area contributed by atoms with Gasteiger partial charge in [0, 0.05) is 17.9 Å². The van der Waals surface area contributed by atoms with E-state index in [-0.39, 0.29) is 62.1 Å². The summed E-state index contributed by atoms with van der Waals surface area (Å²) in [6, 6.07) is 0. The maximum absolute atomic E-state index is 0.